The molecule has 3 aliphatic rings. The van der Waals surface area contributed by atoms with Crippen LogP contribution < -0.4 is 4.90 Å². The Kier molecular flexibility index (Phi) is 6.66. The number of ketones is 1. The number of benzene rings is 5. The second-order valence-corrected chi connectivity index (χ2v) is 12.7. The number of allylic oxidation sites excluding steroid dienone is 2. The third-order valence-electron chi connectivity index (χ3n) is 10.1. The Morgan fingerprint density at radius 2 is 0.958 bits per heavy atom. The van der Waals surface area contributed by atoms with E-state index in [-0.39, 0.29) is 11.5 Å². The molecule has 1 heterocycles. The van der Waals surface area contributed by atoms with Crippen LogP contribution in [0.5, 0.6) is 0 Å². The van der Waals surface area contributed by atoms with Crippen molar-refractivity contribution in [2.24, 2.45) is 11.8 Å². The molecule has 0 N–H and O–H groups in total. The highest BCUT2D eigenvalue weighted by Crippen LogP contribution is 2.74. The number of carbonyl (C=O) groups excluding carboxylic acids is 3. The van der Waals surface area contributed by atoms with E-state index < -0.39 is 51.2 Å². The lowest BCUT2D eigenvalue weighted by molar-refractivity contribution is -0.137. The molecule has 1 saturated carbocycles. The number of nitrogens with zero attached hydrogens (tertiary/aromatic N) is 1. The molecule has 8 heteroatoms. The number of Topliss-reactive ketones (excluding diaryl/α,β-unsaturated/α-hetero) is 1. The van der Waals surface area contributed by atoms with Gasteiger partial charge in [0.2, 0.25) is 11.8 Å². The summed E-state index contributed by atoms with van der Waals surface area (Å²) in [5.41, 5.74) is -1.06. The Labute approximate surface area is 279 Å². The van der Waals surface area contributed by atoms with Crippen molar-refractivity contribution < 1.29 is 27.6 Å². The van der Waals surface area contributed by atoms with E-state index in [1.54, 1.807) is 60.7 Å². The number of hydrogen-bond donors (Lipinski definition) is 0. The highest BCUT2D eigenvalue weighted by Gasteiger charge is 2.82. The summed E-state index contributed by atoms with van der Waals surface area (Å²) in [6, 6.07) is 39.6. The molecule has 2 amide bonds. The van der Waals surface area contributed by atoms with Gasteiger partial charge in [-0.2, -0.15) is 13.2 Å². The molecule has 2 bridgehead atoms. The van der Waals surface area contributed by atoms with Gasteiger partial charge in [0.05, 0.1) is 38.9 Å². The molecule has 2 aliphatic carbocycles. The van der Waals surface area contributed by atoms with Crippen molar-refractivity contribution in [3.8, 4) is 0 Å². The van der Waals surface area contributed by atoms with Crippen molar-refractivity contribution in [2.75, 3.05) is 4.90 Å². The van der Waals surface area contributed by atoms with Crippen LogP contribution >= 0.6 is 11.6 Å². The number of imide groups is 1. The van der Waals surface area contributed by atoms with Crippen molar-refractivity contribution in [2.45, 2.75) is 17.0 Å². The molecule has 1 aliphatic heterocycles. The van der Waals surface area contributed by atoms with Crippen LogP contribution in [0.2, 0.25) is 5.02 Å². The highest BCUT2D eigenvalue weighted by molar-refractivity contribution is 6.39. The van der Waals surface area contributed by atoms with Crippen LogP contribution in [-0.2, 0) is 31.4 Å². The van der Waals surface area contributed by atoms with Crippen LogP contribution in [0.1, 0.15) is 27.8 Å². The monoisotopic (exact) mass is 659 g/mol. The minimum atomic E-state index is -4.83. The van der Waals surface area contributed by atoms with Crippen LogP contribution in [0.3, 0.4) is 0 Å². The third-order valence-corrected chi connectivity index (χ3v) is 10.4. The van der Waals surface area contributed by atoms with Gasteiger partial charge < -0.3 is 0 Å². The highest BCUT2D eigenvalue weighted by atomic mass is 35.5. The molecule has 0 radical (unpaired) electrons. The fourth-order valence-corrected chi connectivity index (χ4v) is 8.68. The first-order valence-electron chi connectivity index (χ1n) is 15.4. The fourth-order valence-electron chi connectivity index (χ4n) is 8.46. The van der Waals surface area contributed by atoms with Gasteiger partial charge in [-0.15, -0.1) is 0 Å². The predicted octanol–water partition coefficient (Wildman–Crippen LogP) is 8.55. The predicted molar refractivity (Wildman–Crippen MR) is 177 cm³/mol. The standard InChI is InChI=1S/C40H25ClF3NO3/c41-30-22-21-28(23-29(30)40(42,43)44)45-35(46)33-34(36(45)47)39(27-19-11-4-12-20-27)32(25-15-7-2-8-16-25)31(24-13-5-1-6-14-24)38(33,37(39)48)26-17-9-3-10-18-26/h1-23,33-34H/t33-,34-,38-,39+/m1/s1. The maximum atomic E-state index is 15.8. The molecule has 48 heavy (non-hydrogen) atoms. The first kappa shape index (κ1) is 30.1. The molecule has 4 nitrogen and oxygen atoms in total. The Morgan fingerprint density at radius 3 is 1.35 bits per heavy atom. The molecule has 4 atom stereocenters. The minimum Gasteiger partial charge on any atom is -0.297 e. The van der Waals surface area contributed by atoms with Gasteiger partial charge in [0.1, 0.15) is 0 Å². The fraction of sp³-hybridized carbons (Fsp3) is 0.125. The van der Waals surface area contributed by atoms with Crippen molar-refractivity contribution in [1.82, 2.24) is 0 Å². The van der Waals surface area contributed by atoms with Gasteiger partial charge in [-0.25, -0.2) is 4.90 Å². The summed E-state index contributed by atoms with van der Waals surface area (Å²) in [5.74, 6) is -4.30. The van der Waals surface area contributed by atoms with Crippen LogP contribution in [-0.4, -0.2) is 17.6 Å². The van der Waals surface area contributed by atoms with Gasteiger partial charge in [-0.05, 0) is 51.6 Å². The first-order chi connectivity index (χ1) is 23.1. The zero-order valence-corrected chi connectivity index (χ0v) is 25.9. The SMILES string of the molecule is O=C1[C@H]2[C@H](C(=O)N1c1ccc(Cl)c(C(F)(F)F)c1)[C@]1(c3ccccc3)C(=O)[C@@]2(c2ccccc2)C(c2ccccc2)=C1c1ccccc1. The van der Waals surface area contributed by atoms with Crippen molar-refractivity contribution in [3.05, 3.63) is 172 Å². The van der Waals surface area contributed by atoms with Gasteiger partial charge in [0.25, 0.3) is 0 Å². The average Bonchev–Trinajstić information content (AvgIpc) is 3.61. The molecular weight excluding hydrogens is 635 g/mol. The van der Waals surface area contributed by atoms with Crippen LogP contribution in [0.15, 0.2) is 140 Å². The number of anilines is 1. The summed E-state index contributed by atoms with van der Waals surface area (Å²) in [5, 5.41) is -0.554. The van der Waals surface area contributed by atoms with E-state index in [1.165, 1.54) is 6.07 Å². The Hall–Kier alpha value is -5.27. The smallest absolute Gasteiger partial charge is 0.297 e. The largest absolute Gasteiger partial charge is 0.417 e. The van der Waals surface area contributed by atoms with E-state index in [4.69, 9.17) is 11.6 Å². The molecule has 0 spiro atoms. The zero-order valence-electron chi connectivity index (χ0n) is 25.1. The van der Waals surface area contributed by atoms with E-state index >= 15 is 4.79 Å². The normalized spacial score (nSPS) is 24.8. The lowest BCUT2D eigenvalue weighted by Gasteiger charge is -2.39. The summed E-state index contributed by atoms with van der Waals surface area (Å²) < 4.78 is 42.1. The maximum absolute atomic E-state index is 15.8. The number of carbonyl (C=O) groups is 3. The summed E-state index contributed by atoms with van der Waals surface area (Å²) in [4.78, 5) is 46.6. The topological polar surface area (TPSA) is 54.5 Å². The lowest BCUT2D eigenvalue weighted by Crippen LogP contribution is -2.45. The Bertz CT molecular complexity index is 2030. The number of fused-ring (bicyclic) bond motifs is 5. The summed E-state index contributed by atoms with van der Waals surface area (Å²) in [6.45, 7) is 0. The van der Waals surface area contributed by atoms with Crippen LogP contribution in [0.4, 0.5) is 18.9 Å². The quantitative estimate of drug-likeness (QED) is 0.178. The summed E-state index contributed by atoms with van der Waals surface area (Å²) >= 11 is 5.95. The van der Waals surface area contributed by atoms with E-state index in [1.807, 2.05) is 60.7 Å². The number of halogens is 4. The van der Waals surface area contributed by atoms with E-state index in [9.17, 15) is 22.8 Å². The Balaban J connectivity index is 1.52. The molecule has 0 aromatic heterocycles. The van der Waals surface area contributed by atoms with Gasteiger partial charge in [0.15, 0.2) is 5.78 Å². The van der Waals surface area contributed by atoms with Crippen LogP contribution in [0, 0.1) is 11.8 Å². The Morgan fingerprint density at radius 1 is 0.562 bits per heavy atom. The number of rotatable bonds is 5. The minimum absolute atomic E-state index is 0.253. The molecule has 5 aromatic rings. The molecular formula is C40H25ClF3NO3. The van der Waals surface area contributed by atoms with Crippen molar-refractivity contribution in [1.29, 1.82) is 0 Å². The van der Waals surface area contributed by atoms with E-state index in [0.29, 0.717) is 33.4 Å². The van der Waals surface area contributed by atoms with Crippen molar-refractivity contribution >= 4 is 46.0 Å². The zero-order chi connectivity index (χ0) is 33.4. The molecule has 5 aromatic carbocycles. The molecule has 2 fully saturated rings. The van der Waals surface area contributed by atoms with Crippen LogP contribution in [0.25, 0.3) is 11.1 Å². The third kappa shape index (κ3) is 3.82. The van der Waals surface area contributed by atoms with E-state index in [0.717, 1.165) is 17.0 Å². The van der Waals surface area contributed by atoms with E-state index in [2.05, 4.69) is 0 Å². The second kappa shape index (κ2) is 10.6. The van der Waals surface area contributed by atoms with Gasteiger partial charge in [-0.1, -0.05) is 133 Å². The molecule has 8 rings (SSSR count). The first-order valence-corrected chi connectivity index (χ1v) is 15.8. The summed E-state index contributed by atoms with van der Waals surface area (Å²) in [6.07, 6.45) is -4.83. The van der Waals surface area contributed by atoms with Gasteiger partial charge in [0, 0.05) is 0 Å². The number of alkyl halides is 3. The number of hydrogen-bond acceptors (Lipinski definition) is 3. The maximum Gasteiger partial charge on any atom is 0.417 e. The number of amides is 2. The lowest BCUT2D eigenvalue weighted by atomic mass is 9.59. The second-order valence-electron chi connectivity index (χ2n) is 12.3. The molecule has 236 valence electrons. The van der Waals surface area contributed by atoms with Gasteiger partial charge >= 0.3 is 6.18 Å². The van der Waals surface area contributed by atoms with Crippen molar-refractivity contribution in [3.63, 3.8) is 0 Å². The molecule has 1 saturated heterocycles. The van der Waals surface area contributed by atoms with Gasteiger partial charge in [-0.3, -0.25) is 14.4 Å². The average molecular weight is 660 g/mol. The molecule has 0 unspecified atom stereocenters. The summed E-state index contributed by atoms with van der Waals surface area (Å²) in [7, 11) is 0.